The van der Waals surface area contributed by atoms with E-state index in [1.165, 1.54) is 6.07 Å². The smallest absolute Gasteiger partial charge is 0.232 e. The number of sulfonamides is 1. The van der Waals surface area contributed by atoms with Gasteiger partial charge in [-0.2, -0.15) is 0 Å². The maximum atomic E-state index is 11.7. The van der Waals surface area contributed by atoms with Crippen LogP contribution in [0.25, 0.3) is 0 Å². The molecule has 4 nitrogen and oxygen atoms in total. The number of anilines is 2. The molecule has 0 saturated heterocycles. The molecular formula is C11H17ClN2O2S. The summed E-state index contributed by atoms with van der Waals surface area (Å²) in [4.78, 5) is 0. The number of nitrogens with two attached hydrogens (primary N) is 1. The maximum Gasteiger partial charge on any atom is 0.232 e. The van der Waals surface area contributed by atoms with Crippen molar-refractivity contribution in [2.45, 2.75) is 20.3 Å². The van der Waals surface area contributed by atoms with Gasteiger partial charge < -0.3 is 5.73 Å². The molecule has 96 valence electrons. The molecule has 0 aliphatic carbocycles. The number of hydrogen-bond acceptors (Lipinski definition) is 3. The highest BCUT2D eigenvalue weighted by atomic mass is 35.5. The first-order valence-electron chi connectivity index (χ1n) is 5.35. The number of halogens is 1. The van der Waals surface area contributed by atoms with Crippen molar-refractivity contribution in [2.24, 2.45) is 5.92 Å². The van der Waals surface area contributed by atoms with E-state index in [1.54, 1.807) is 12.1 Å². The van der Waals surface area contributed by atoms with Gasteiger partial charge in [0.1, 0.15) is 0 Å². The summed E-state index contributed by atoms with van der Waals surface area (Å²) in [5, 5.41) is 0.342. The van der Waals surface area contributed by atoms with Crippen molar-refractivity contribution >= 4 is 33.0 Å². The van der Waals surface area contributed by atoms with Crippen LogP contribution >= 0.6 is 11.6 Å². The molecule has 0 aromatic heterocycles. The summed E-state index contributed by atoms with van der Waals surface area (Å²) in [6, 6.07) is 4.67. The molecule has 1 rings (SSSR count). The molecule has 6 heteroatoms. The number of nitrogen functional groups attached to an aromatic ring is 1. The first-order valence-corrected chi connectivity index (χ1v) is 7.39. The second-order valence-electron chi connectivity index (χ2n) is 4.34. The van der Waals surface area contributed by atoms with Crippen LogP contribution in [-0.2, 0) is 10.0 Å². The van der Waals surface area contributed by atoms with E-state index in [0.717, 1.165) is 0 Å². The Bertz CT molecular complexity index is 486. The molecule has 0 fully saturated rings. The molecule has 17 heavy (non-hydrogen) atoms. The number of benzene rings is 1. The minimum Gasteiger partial charge on any atom is -0.398 e. The third-order valence-electron chi connectivity index (χ3n) is 2.24. The van der Waals surface area contributed by atoms with Crippen molar-refractivity contribution < 1.29 is 8.42 Å². The van der Waals surface area contributed by atoms with Crippen molar-refractivity contribution in [2.75, 3.05) is 16.2 Å². The summed E-state index contributed by atoms with van der Waals surface area (Å²) in [6.45, 7) is 3.96. The summed E-state index contributed by atoms with van der Waals surface area (Å²) in [5.74, 6) is 0.453. The van der Waals surface area contributed by atoms with Crippen molar-refractivity contribution in [3.8, 4) is 0 Å². The summed E-state index contributed by atoms with van der Waals surface area (Å²) >= 11 is 5.81. The average Bonchev–Trinajstić information content (AvgIpc) is 2.21. The fraction of sp³-hybridized carbons (Fsp3) is 0.455. The van der Waals surface area contributed by atoms with E-state index < -0.39 is 10.0 Å². The molecule has 0 aliphatic heterocycles. The van der Waals surface area contributed by atoms with E-state index in [4.69, 9.17) is 17.3 Å². The summed E-state index contributed by atoms with van der Waals surface area (Å²) in [6.07, 6.45) is 0.623. The lowest BCUT2D eigenvalue weighted by molar-refractivity contribution is 0.578. The minimum atomic E-state index is -3.31. The molecule has 0 saturated carbocycles. The van der Waals surface area contributed by atoms with Gasteiger partial charge in [0.05, 0.1) is 22.2 Å². The molecule has 0 radical (unpaired) electrons. The lowest BCUT2D eigenvalue weighted by atomic mass is 10.2. The van der Waals surface area contributed by atoms with Gasteiger partial charge in [0.2, 0.25) is 10.0 Å². The highest BCUT2D eigenvalue weighted by Gasteiger charge is 2.11. The highest BCUT2D eigenvalue weighted by molar-refractivity contribution is 7.92. The van der Waals surface area contributed by atoms with Crippen LogP contribution in [-0.4, -0.2) is 14.2 Å². The van der Waals surface area contributed by atoms with Crippen LogP contribution in [0.3, 0.4) is 0 Å². The Kier molecular flexibility index (Phi) is 4.65. The monoisotopic (exact) mass is 276 g/mol. The van der Waals surface area contributed by atoms with Crippen LogP contribution in [0.5, 0.6) is 0 Å². The van der Waals surface area contributed by atoms with Gasteiger partial charge in [0.25, 0.3) is 0 Å². The van der Waals surface area contributed by atoms with Crippen molar-refractivity contribution in [3.63, 3.8) is 0 Å². The Morgan fingerprint density at radius 2 is 2.06 bits per heavy atom. The molecule has 0 atom stereocenters. The number of rotatable bonds is 5. The van der Waals surface area contributed by atoms with Gasteiger partial charge in [0, 0.05) is 0 Å². The molecule has 1 aromatic rings. The fourth-order valence-corrected chi connectivity index (χ4v) is 2.76. The number of nitrogens with one attached hydrogen (secondary N) is 1. The average molecular weight is 277 g/mol. The second-order valence-corrected chi connectivity index (χ2v) is 6.59. The Morgan fingerprint density at radius 1 is 1.41 bits per heavy atom. The van der Waals surface area contributed by atoms with E-state index in [1.807, 2.05) is 13.8 Å². The fourth-order valence-electron chi connectivity index (χ4n) is 1.21. The zero-order valence-corrected chi connectivity index (χ0v) is 11.5. The van der Waals surface area contributed by atoms with Crippen molar-refractivity contribution in [1.29, 1.82) is 0 Å². The molecule has 0 spiro atoms. The summed E-state index contributed by atoms with van der Waals surface area (Å²) in [5.41, 5.74) is 6.41. The molecule has 0 unspecified atom stereocenters. The molecule has 0 amide bonds. The highest BCUT2D eigenvalue weighted by Crippen LogP contribution is 2.23. The Balaban J connectivity index is 2.73. The van der Waals surface area contributed by atoms with Gasteiger partial charge in [0.15, 0.2) is 0 Å². The van der Waals surface area contributed by atoms with Gasteiger partial charge in [-0.3, -0.25) is 4.72 Å². The molecular weight excluding hydrogens is 260 g/mol. The zero-order valence-electron chi connectivity index (χ0n) is 9.90. The Morgan fingerprint density at radius 3 is 2.59 bits per heavy atom. The van der Waals surface area contributed by atoms with E-state index in [9.17, 15) is 8.42 Å². The third-order valence-corrected chi connectivity index (χ3v) is 3.88. The lowest BCUT2D eigenvalue weighted by Gasteiger charge is -2.10. The maximum absolute atomic E-state index is 11.7. The summed E-state index contributed by atoms with van der Waals surface area (Å²) in [7, 11) is -3.31. The molecule has 3 N–H and O–H groups in total. The van der Waals surface area contributed by atoms with Gasteiger partial charge >= 0.3 is 0 Å². The molecule has 1 aromatic carbocycles. The lowest BCUT2D eigenvalue weighted by Crippen LogP contribution is -2.17. The van der Waals surface area contributed by atoms with Gasteiger partial charge in [-0.25, -0.2) is 8.42 Å². The van der Waals surface area contributed by atoms with Crippen LogP contribution in [0.15, 0.2) is 18.2 Å². The predicted molar refractivity (Wildman–Crippen MR) is 72.7 cm³/mol. The van der Waals surface area contributed by atoms with Crippen LogP contribution < -0.4 is 10.5 Å². The standard InChI is InChI=1S/C11H17ClN2O2S/c1-8(2)5-6-17(15,16)14-9-3-4-11(13)10(12)7-9/h3-4,7-8,14H,5-6,13H2,1-2H3. The first kappa shape index (κ1) is 14.1. The van der Waals surface area contributed by atoms with Crippen LogP contribution in [0.4, 0.5) is 11.4 Å². The Hall–Kier alpha value is -0.940. The van der Waals surface area contributed by atoms with Crippen molar-refractivity contribution in [1.82, 2.24) is 0 Å². The van der Waals surface area contributed by atoms with Gasteiger partial charge in [-0.15, -0.1) is 0 Å². The van der Waals surface area contributed by atoms with E-state index in [0.29, 0.717) is 28.7 Å². The molecule has 0 aliphatic rings. The molecule has 0 bridgehead atoms. The third kappa shape index (κ3) is 4.83. The van der Waals surface area contributed by atoms with Gasteiger partial charge in [-0.05, 0) is 30.5 Å². The minimum absolute atomic E-state index is 0.104. The Labute approximate surface area is 107 Å². The van der Waals surface area contributed by atoms with E-state index >= 15 is 0 Å². The van der Waals surface area contributed by atoms with Crippen LogP contribution in [0.2, 0.25) is 5.02 Å². The predicted octanol–water partition coefficient (Wildman–Crippen LogP) is 2.71. The SMILES string of the molecule is CC(C)CCS(=O)(=O)Nc1ccc(N)c(Cl)c1. The molecule has 0 heterocycles. The largest absolute Gasteiger partial charge is 0.398 e. The first-order chi connectivity index (χ1) is 7.80. The summed E-state index contributed by atoms with van der Waals surface area (Å²) < 4.78 is 25.9. The van der Waals surface area contributed by atoms with Crippen LogP contribution in [0.1, 0.15) is 20.3 Å². The topological polar surface area (TPSA) is 72.2 Å². The van der Waals surface area contributed by atoms with E-state index in [-0.39, 0.29) is 5.75 Å². The zero-order chi connectivity index (χ0) is 13.1. The normalized spacial score (nSPS) is 11.8. The number of hydrogen-bond donors (Lipinski definition) is 2. The van der Waals surface area contributed by atoms with Gasteiger partial charge in [-0.1, -0.05) is 25.4 Å². The second kappa shape index (κ2) is 5.60. The van der Waals surface area contributed by atoms with Crippen molar-refractivity contribution in [3.05, 3.63) is 23.2 Å². The van der Waals surface area contributed by atoms with Crippen LogP contribution in [0, 0.1) is 5.92 Å². The van der Waals surface area contributed by atoms with E-state index in [2.05, 4.69) is 4.72 Å². The quantitative estimate of drug-likeness (QED) is 0.812.